The second-order valence-corrected chi connectivity index (χ2v) is 9.34. The highest BCUT2D eigenvalue weighted by atomic mass is 19.4. The Morgan fingerprint density at radius 1 is 0.870 bits per heavy atom. The number of carboxylic acids is 3. The number of nitrogens with one attached hydrogen (secondary N) is 1. The lowest BCUT2D eigenvalue weighted by atomic mass is 10.0. The second-order valence-electron chi connectivity index (χ2n) is 9.34. The fourth-order valence-corrected chi connectivity index (χ4v) is 4.06. The van der Waals surface area contributed by atoms with Crippen LogP contribution in [0.4, 0.5) is 45.5 Å². The maximum Gasteiger partial charge on any atom is 0.490 e. The number of halogens is 9. The summed E-state index contributed by atoms with van der Waals surface area (Å²) in [6, 6.07) is 8.58. The summed E-state index contributed by atoms with van der Waals surface area (Å²) in [4.78, 5) is 42.4. The molecule has 2 aromatic rings. The Bertz CT molecular complexity index is 1210. The highest BCUT2D eigenvalue weighted by molar-refractivity contribution is 5.73. The van der Waals surface area contributed by atoms with Gasteiger partial charge in [0.2, 0.25) is 5.95 Å². The third-order valence-electron chi connectivity index (χ3n) is 5.96. The van der Waals surface area contributed by atoms with Crippen LogP contribution in [-0.2, 0) is 25.7 Å². The number of aliphatic carboxylic acids is 3. The molecular formula is C25H28F9N5O7. The standard InChI is InChI=1S/C19H25N5O.3C2HF3O2/c1-14-4-2-5-16(23-14)13-24-10-11-25-18-15(6-7-17(18)24)12-22-19-20-8-3-9-21-19;3*3-2(4,5)1(6)7/h2-5,8-9,15,17-18H,6-7,10-13H2,1H3,(H,20,21,22);3*(H,6,7)/t15?,17-,18-;;;/m1.../s1. The van der Waals surface area contributed by atoms with E-state index in [1.54, 1.807) is 12.4 Å². The SMILES string of the molecule is Cc1cccc(CN2CCO[C@@H]3C(CNc4ncccn4)CC[C@H]32)n1.O=C(O)C(F)(F)F.O=C(O)C(F)(F)F.O=C(O)C(F)(F)F. The summed E-state index contributed by atoms with van der Waals surface area (Å²) in [6.07, 6.45) is -9.08. The van der Waals surface area contributed by atoms with Gasteiger partial charge in [-0.3, -0.25) is 9.88 Å². The van der Waals surface area contributed by atoms with E-state index in [0.717, 1.165) is 37.6 Å². The minimum absolute atomic E-state index is 0.287. The van der Waals surface area contributed by atoms with Gasteiger partial charge in [0.25, 0.3) is 0 Å². The molecule has 2 aromatic heterocycles. The Balaban J connectivity index is 0.000000413. The molecule has 2 aliphatic rings. The van der Waals surface area contributed by atoms with Crippen molar-refractivity contribution in [2.75, 3.05) is 25.0 Å². The maximum absolute atomic E-state index is 10.6. The van der Waals surface area contributed by atoms with Crippen LogP contribution in [-0.4, -0.2) is 103 Å². The van der Waals surface area contributed by atoms with Crippen LogP contribution >= 0.6 is 0 Å². The molecule has 1 unspecified atom stereocenters. The number of hydrogen-bond acceptors (Lipinski definition) is 9. The van der Waals surface area contributed by atoms with Crippen molar-refractivity contribution in [2.45, 2.75) is 57.0 Å². The fourth-order valence-electron chi connectivity index (χ4n) is 4.06. The zero-order valence-corrected chi connectivity index (χ0v) is 23.6. The lowest BCUT2D eigenvalue weighted by Gasteiger charge is -2.39. The normalized spacial score (nSPS) is 19.5. The van der Waals surface area contributed by atoms with Crippen LogP contribution in [0.5, 0.6) is 0 Å². The maximum atomic E-state index is 10.6. The van der Waals surface area contributed by atoms with Gasteiger partial charge in [0.1, 0.15) is 0 Å². The van der Waals surface area contributed by atoms with E-state index >= 15 is 0 Å². The predicted molar refractivity (Wildman–Crippen MR) is 137 cm³/mol. The van der Waals surface area contributed by atoms with Crippen molar-refractivity contribution in [3.8, 4) is 0 Å². The van der Waals surface area contributed by atoms with Crippen molar-refractivity contribution in [2.24, 2.45) is 5.92 Å². The van der Waals surface area contributed by atoms with Crippen molar-refractivity contribution in [3.63, 3.8) is 0 Å². The molecule has 1 saturated carbocycles. The highest BCUT2D eigenvalue weighted by Crippen LogP contribution is 2.35. The first-order valence-electron chi connectivity index (χ1n) is 12.8. The third kappa shape index (κ3) is 14.7. The Morgan fingerprint density at radius 3 is 1.83 bits per heavy atom. The van der Waals surface area contributed by atoms with E-state index in [0.29, 0.717) is 17.9 Å². The number of ether oxygens (including phenoxy) is 1. The average Bonchev–Trinajstić information content (AvgIpc) is 3.36. The van der Waals surface area contributed by atoms with Crippen molar-refractivity contribution >= 4 is 23.9 Å². The van der Waals surface area contributed by atoms with Crippen LogP contribution in [0.25, 0.3) is 0 Å². The summed E-state index contributed by atoms with van der Waals surface area (Å²) in [7, 11) is 0. The first-order valence-corrected chi connectivity index (χ1v) is 12.8. The van der Waals surface area contributed by atoms with Gasteiger partial charge in [0, 0.05) is 49.7 Å². The number of carboxylic acid groups (broad SMARTS) is 3. The minimum Gasteiger partial charge on any atom is -0.475 e. The number of anilines is 1. The lowest BCUT2D eigenvalue weighted by Crippen LogP contribution is -2.50. The van der Waals surface area contributed by atoms with Crippen LogP contribution in [0.3, 0.4) is 0 Å². The average molecular weight is 682 g/mol. The number of hydrogen-bond donors (Lipinski definition) is 4. The monoisotopic (exact) mass is 681 g/mol. The van der Waals surface area contributed by atoms with Gasteiger partial charge in [0.15, 0.2) is 0 Å². The Labute approximate surface area is 254 Å². The molecule has 0 radical (unpaired) electrons. The second kappa shape index (κ2) is 17.4. The first kappa shape index (κ1) is 39.8. The van der Waals surface area contributed by atoms with Crippen molar-refractivity contribution in [1.82, 2.24) is 19.9 Å². The molecule has 1 aliphatic heterocycles. The summed E-state index contributed by atoms with van der Waals surface area (Å²) >= 11 is 0. The number of aromatic nitrogens is 3. The van der Waals surface area contributed by atoms with Gasteiger partial charge in [-0.1, -0.05) is 6.07 Å². The van der Waals surface area contributed by atoms with Crippen LogP contribution in [0.15, 0.2) is 36.7 Å². The van der Waals surface area contributed by atoms with Crippen molar-refractivity contribution in [3.05, 3.63) is 48.0 Å². The molecule has 2 fully saturated rings. The number of pyridine rings is 1. The van der Waals surface area contributed by atoms with Crippen LogP contribution in [0, 0.1) is 12.8 Å². The molecule has 258 valence electrons. The molecule has 1 aliphatic carbocycles. The van der Waals surface area contributed by atoms with Gasteiger partial charge in [-0.05, 0) is 38.0 Å². The number of alkyl halides is 9. The molecule has 0 spiro atoms. The molecule has 21 heteroatoms. The van der Waals surface area contributed by atoms with E-state index in [4.69, 9.17) is 34.4 Å². The van der Waals surface area contributed by atoms with E-state index in [-0.39, 0.29) is 6.10 Å². The fraction of sp³-hybridized carbons (Fsp3) is 0.520. The molecule has 4 rings (SSSR count). The van der Waals surface area contributed by atoms with Gasteiger partial charge in [0.05, 0.1) is 18.4 Å². The Kier molecular flexibility index (Phi) is 15.1. The summed E-state index contributed by atoms with van der Waals surface area (Å²) in [6.45, 7) is 5.61. The largest absolute Gasteiger partial charge is 0.490 e. The summed E-state index contributed by atoms with van der Waals surface area (Å²) in [5.41, 5.74) is 2.23. The number of morpholine rings is 1. The third-order valence-corrected chi connectivity index (χ3v) is 5.96. The van der Waals surface area contributed by atoms with Gasteiger partial charge in [-0.2, -0.15) is 39.5 Å². The summed E-state index contributed by atoms with van der Waals surface area (Å²) in [5, 5.41) is 24.7. The molecule has 4 N–H and O–H groups in total. The summed E-state index contributed by atoms with van der Waals surface area (Å²) in [5.74, 6) is -7.07. The Morgan fingerprint density at radius 2 is 1.37 bits per heavy atom. The van der Waals surface area contributed by atoms with Crippen molar-refractivity contribution in [1.29, 1.82) is 0 Å². The van der Waals surface area contributed by atoms with Gasteiger partial charge < -0.3 is 25.4 Å². The molecule has 0 amide bonds. The number of aryl methyl sites for hydroxylation is 1. The van der Waals surface area contributed by atoms with E-state index in [1.807, 2.05) is 6.07 Å². The molecule has 3 heterocycles. The summed E-state index contributed by atoms with van der Waals surface area (Å²) < 4.78 is 101. The Hall–Kier alpha value is -4.27. The number of fused-ring (bicyclic) bond motifs is 1. The lowest BCUT2D eigenvalue weighted by molar-refractivity contribution is -0.193. The molecule has 12 nitrogen and oxygen atoms in total. The highest BCUT2D eigenvalue weighted by Gasteiger charge is 2.43. The molecule has 0 aromatic carbocycles. The number of nitrogens with zero attached hydrogens (tertiary/aromatic N) is 4. The minimum atomic E-state index is -5.08. The molecule has 0 bridgehead atoms. The first-order chi connectivity index (χ1) is 21.1. The topological polar surface area (TPSA) is 175 Å². The zero-order chi connectivity index (χ0) is 35.3. The number of rotatable bonds is 5. The van der Waals surface area contributed by atoms with Crippen LogP contribution in [0.2, 0.25) is 0 Å². The molecule has 1 saturated heterocycles. The van der Waals surface area contributed by atoms with Gasteiger partial charge >= 0.3 is 36.4 Å². The predicted octanol–water partition coefficient (Wildman–Crippen LogP) is 4.17. The number of carbonyl (C=O) groups is 3. The smallest absolute Gasteiger partial charge is 0.475 e. The van der Waals surface area contributed by atoms with Crippen LogP contribution in [0.1, 0.15) is 24.2 Å². The van der Waals surface area contributed by atoms with E-state index < -0.39 is 36.4 Å². The quantitative estimate of drug-likeness (QED) is 0.332. The van der Waals surface area contributed by atoms with Gasteiger partial charge in [-0.25, -0.2) is 24.4 Å². The van der Waals surface area contributed by atoms with E-state index in [2.05, 4.69) is 50.3 Å². The van der Waals surface area contributed by atoms with Gasteiger partial charge in [-0.15, -0.1) is 0 Å². The van der Waals surface area contributed by atoms with E-state index in [9.17, 15) is 39.5 Å². The van der Waals surface area contributed by atoms with Crippen LogP contribution < -0.4 is 5.32 Å². The molecular weight excluding hydrogens is 653 g/mol. The zero-order valence-electron chi connectivity index (χ0n) is 23.6. The molecule has 3 atom stereocenters. The molecule has 46 heavy (non-hydrogen) atoms. The van der Waals surface area contributed by atoms with E-state index in [1.165, 1.54) is 12.8 Å². The van der Waals surface area contributed by atoms with Crippen molar-refractivity contribution < 1.29 is 74.0 Å².